The van der Waals surface area contributed by atoms with Gasteiger partial charge in [0, 0.05) is 22.7 Å². The monoisotopic (exact) mass is 328 g/mol. The number of aromatic nitrogens is 1. The van der Waals surface area contributed by atoms with Crippen LogP contribution in [0.5, 0.6) is 0 Å². The summed E-state index contributed by atoms with van der Waals surface area (Å²) in [5, 5.41) is 4.05. The van der Waals surface area contributed by atoms with Crippen molar-refractivity contribution in [1.82, 2.24) is 4.98 Å². The fourth-order valence-corrected chi connectivity index (χ4v) is 2.41. The standard InChI is InChI=1S/C12H13BrN2O2S/c1-18(16,17)7-6-14-12-5-2-9-8-10(13)3-4-11(9)15-12/h2-5,8H,6-7H2,1H3,(H,14,15). The predicted octanol–water partition coefficient (Wildman–Crippen LogP) is 2.45. The highest BCUT2D eigenvalue weighted by molar-refractivity contribution is 9.10. The van der Waals surface area contributed by atoms with E-state index in [1.54, 1.807) is 0 Å². The Morgan fingerprint density at radius 2 is 2.06 bits per heavy atom. The van der Waals surface area contributed by atoms with E-state index in [4.69, 9.17) is 0 Å². The Morgan fingerprint density at radius 3 is 2.78 bits per heavy atom. The molecular weight excluding hydrogens is 316 g/mol. The average Bonchev–Trinajstić information content (AvgIpc) is 2.27. The third-order valence-electron chi connectivity index (χ3n) is 2.43. The molecule has 0 bridgehead atoms. The zero-order valence-electron chi connectivity index (χ0n) is 9.85. The molecule has 18 heavy (non-hydrogen) atoms. The zero-order valence-corrected chi connectivity index (χ0v) is 12.3. The quantitative estimate of drug-likeness (QED) is 0.936. The second-order valence-corrected chi connectivity index (χ2v) is 7.27. The Morgan fingerprint density at radius 1 is 1.28 bits per heavy atom. The summed E-state index contributed by atoms with van der Waals surface area (Å²) in [7, 11) is -2.94. The lowest BCUT2D eigenvalue weighted by Crippen LogP contribution is -2.14. The van der Waals surface area contributed by atoms with Gasteiger partial charge < -0.3 is 5.32 Å². The molecule has 96 valence electrons. The van der Waals surface area contributed by atoms with Crippen LogP contribution in [0.4, 0.5) is 5.82 Å². The summed E-state index contributed by atoms with van der Waals surface area (Å²) in [6.45, 7) is 0.369. The topological polar surface area (TPSA) is 59.1 Å². The van der Waals surface area contributed by atoms with Crippen LogP contribution in [-0.4, -0.2) is 32.0 Å². The SMILES string of the molecule is CS(=O)(=O)CCNc1ccc2cc(Br)ccc2n1. The van der Waals surface area contributed by atoms with Crippen molar-refractivity contribution in [3.8, 4) is 0 Å². The van der Waals surface area contributed by atoms with Crippen LogP contribution in [0, 0.1) is 0 Å². The van der Waals surface area contributed by atoms with Crippen molar-refractivity contribution in [1.29, 1.82) is 0 Å². The Bertz CT molecular complexity index is 671. The number of hydrogen-bond donors (Lipinski definition) is 1. The second-order valence-electron chi connectivity index (χ2n) is 4.09. The molecule has 6 heteroatoms. The van der Waals surface area contributed by atoms with Gasteiger partial charge in [0.2, 0.25) is 0 Å². The second kappa shape index (κ2) is 5.24. The minimum absolute atomic E-state index is 0.104. The van der Waals surface area contributed by atoms with Crippen molar-refractivity contribution in [2.45, 2.75) is 0 Å². The van der Waals surface area contributed by atoms with Gasteiger partial charge in [-0.05, 0) is 30.3 Å². The lowest BCUT2D eigenvalue weighted by atomic mass is 10.2. The largest absolute Gasteiger partial charge is 0.369 e. The van der Waals surface area contributed by atoms with E-state index in [9.17, 15) is 8.42 Å². The first-order chi connectivity index (χ1) is 8.44. The molecule has 0 amide bonds. The van der Waals surface area contributed by atoms with Gasteiger partial charge in [-0.1, -0.05) is 15.9 Å². The molecule has 0 atom stereocenters. The van der Waals surface area contributed by atoms with Crippen molar-refractivity contribution in [3.05, 3.63) is 34.8 Å². The molecule has 0 aliphatic carbocycles. The molecule has 1 heterocycles. The minimum Gasteiger partial charge on any atom is -0.369 e. The van der Waals surface area contributed by atoms with Crippen LogP contribution >= 0.6 is 15.9 Å². The van der Waals surface area contributed by atoms with Gasteiger partial charge in [0.15, 0.2) is 0 Å². The van der Waals surface area contributed by atoms with Gasteiger partial charge in [-0.15, -0.1) is 0 Å². The third kappa shape index (κ3) is 3.68. The molecular formula is C12H13BrN2O2S. The van der Waals surface area contributed by atoms with Gasteiger partial charge in [-0.25, -0.2) is 13.4 Å². The maximum absolute atomic E-state index is 11.0. The smallest absolute Gasteiger partial charge is 0.149 e. The number of benzene rings is 1. The fourth-order valence-electron chi connectivity index (χ4n) is 1.56. The van der Waals surface area contributed by atoms with Gasteiger partial charge in [-0.2, -0.15) is 0 Å². The molecule has 4 nitrogen and oxygen atoms in total. The fraction of sp³-hybridized carbons (Fsp3) is 0.250. The Labute approximate surface area is 114 Å². The summed E-state index contributed by atoms with van der Waals surface area (Å²) in [5.74, 6) is 0.793. The van der Waals surface area contributed by atoms with E-state index in [1.807, 2.05) is 30.3 Å². The summed E-state index contributed by atoms with van der Waals surface area (Å²) in [6, 6.07) is 9.63. The van der Waals surface area contributed by atoms with Crippen molar-refractivity contribution in [2.75, 3.05) is 23.9 Å². The summed E-state index contributed by atoms with van der Waals surface area (Å²) in [6.07, 6.45) is 1.22. The van der Waals surface area contributed by atoms with E-state index in [1.165, 1.54) is 6.26 Å². The van der Waals surface area contributed by atoms with Crippen molar-refractivity contribution < 1.29 is 8.42 Å². The van der Waals surface area contributed by atoms with Crippen LogP contribution in [0.3, 0.4) is 0 Å². The first kappa shape index (κ1) is 13.3. The number of nitrogens with one attached hydrogen (secondary N) is 1. The van der Waals surface area contributed by atoms with E-state index in [2.05, 4.69) is 26.2 Å². The molecule has 1 N–H and O–H groups in total. The molecule has 0 saturated heterocycles. The molecule has 0 fully saturated rings. The van der Waals surface area contributed by atoms with E-state index in [0.29, 0.717) is 12.4 Å². The van der Waals surface area contributed by atoms with Crippen LogP contribution in [0.25, 0.3) is 10.9 Å². The van der Waals surface area contributed by atoms with E-state index in [-0.39, 0.29) is 5.75 Å². The number of halogens is 1. The number of pyridine rings is 1. The summed E-state index contributed by atoms with van der Waals surface area (Å²) in [5.41, 5.74) is 0.877. The Hall–Kier alpha value is -1.14. The number of hydrogen-bond acceptors (Lipinski definition) is 4. The van der Waals surface area contributed by atoms with Crippen LogP contribution in [0.2, 0.25) is 0 Å². The lowest BCUT2D eigenvalue weighted by molar-refractivity contribution is 0.602. The first-order valence-corrected chi connectivity index (χ1v) is 8.27. The minimum atomic E-state index is -2.94. The van der Waals surface area contributed by atoms with Crippen molar-refractivity contribution >= 4 is 42.5 Å². The summed E-state index contributed by atoms with van der Waals surface area (Å²) < 4.78 is 23.0. The van der Waals surface area contributed by atoms with Gasteiger partial charge in [-0.3, -0.25) is 0 Å². The molecule has 1 aromatic carbocycles. The first-order valence-electron chi connectivity index (χ1n) is 5.42. The van der Waals surface area contributed by atoms with Crippen LogP contribution < -0.4 is 5.32 Å². The van der Waals surface area contributed by atoms with Gasteiger partial charge >= 0.3 is 0 Å². The van der Waals surface area contributed by atoms with Gasteiger partial charge in [0.05, 0.1) is 11.3 Å². The van der Waals surface area contributed by atoms with Gasteiger partial charge in [0.1, 0.15) is 15.7 Å². The molecule has 0 aliphatic rings. The number of anilines is 1. The third-order valence-corrected chi connectivity index (χ3v) is 3.87. The Kier molecular flexibility index (Phi) is 3.87. The number of sulfone groups is 1. The predicted molar refractivity (Wildman–Crippen MR) is 77.6 cm³/mol. The average molecular weight is 329 g/mol. The molecule has 2 aromatic rings. The maximum atomic E-state index is 11.0. The molecule has 0 aliphatic heterocycles. The zero-order chi connectivity index (χ0) is 13.2. The highest BCUT2D eigenvalue weighted by atomic mass is 79.9. The molecule has 2 rings (SSSR count). The molecule has 0 spiro atoms. The van der Waals surface area contributed by atoms with Crippen molar-refractivity contribution in [2.24, 2.45) is 0 Å². The van der Waals surface area contributed by atoms with E-state index < -0.39 is 9.84 Å². The highest BCUT2D eigenvalue weighted by Gasteiger charge is 2.02. The highest BCUT2D eigenvalue weighted by Crippen LogP contribution is 2.19. The van der Waals surface area contributed by atoms with Gasteiger partial charge in [0.25, 0.3) is 0 Å². The number of rotatable bonds is 4. The van der Waals surface area contributed by atoms with E-state index in [0.717, 1.165) is 15.4 Å². The van der Waals surface area contributed by atoms with Crippen LogP contribution in [0.1, 0.15) is 0 Å². The van der Waals surface area contributed by atoms with E-state index >= 15 is 0 Å². The summed E-state index contributed by atoms with van der Waals surface area (Å²) in [4.78, 5) is 4.41. The molecule has 0 unspecified atom stereocenters. The van der Waals surface area contributed by atoms with Crippen LogP contribution in [0.15, 0.2) is 34.8 Å². The summed E-state index contributed by atoms with van der Waals surface area (Å²) >= 11 is 3.40. The lowest BCUT2D eigenvalue weighted by Gasteiger charge is -2.06. The van der Waals surface area contributed by atoms with Crippen molar-refractivity contribution in [3.63, 3.8) is 0 Å². The van der Waals surface area contributed by atoms with Crippen LogP contribution in [-0.2, 0) is 9.84 Å². The number of fused-ring (bicyclic) bond motifs is 1. The normalized spacial score (nSPS) is 11.7. The number of nitrogens with zero attached hydrogens (tertiary/aromatic N) is 1. The molecule has 1 aromatic heterocycles. The molecule has 0 saturated carbocycles. The maximum Gasteiger partial charge on any atom is 0.149 e. The molecule has 0 radical (unpaired) electrons. The Balaban J connectivity index is 2.13.